The van der Waals surface area contributed by atoms with E-state index in [0.717, 1.165) is 6.54 Å². The maximum absolute atomic E-state index is 12.0. The van der Waals surface area contributed by atoms with Crippen LogP contribution in [0.1, 0.15) is 47.5 Å². The van der Waals surface area contributed by atoms with Crippen LogP contribution in [0.4, 0.5) is 0 Å². The van der Waals surface area contributed by atoms with Gasteiger partial charge >= 0.3 is 0 Å². The van der Waals surface area contributed by atoms with Gasteiger partial charge in [0, 0.05) is 31.6 Å². The number of rotatable bonds is 7. The normalized spacial score (nSPS) is 11.4. The molecule has 0 atom stereocenters. The maximum Gasteiger partial charge on any atom is 0.223 e. The molecule has 0 aliphatic carbocycles. The summed E-state index contributed by atoms with van der Waals surface area (Å²) in [5.74, 6) is 0.568. The van der Waals surface area contributed by atoms with Gasteiger partial charge in [-0.2, -0.15) is 5.26 Å². The number of amides is 1. The SMILES string of the molecule is CC(C)CN(CCC#N)C(=O)CCNC(C)(C)C. The van der Waals surface area contributed by atoms with E-state index in [0.29, 0.717) is 31.8 Å². The highest BCUT2D eigenvalue weighted by Gasteiger charge is 2.15. The van der Waals surface area contributed by atoms with E-state index in [9.17, 15) is 4.79 Å². The van der Waals surface area contributed by atoms with E-state index in [4.69, 9.17) is 5.26 Å². The molecule has 0 radical (unpaired) electrons. The Labute approximate surface area is 111 Å². The van der Waals surface area contributed by atoms with Gasteiger partial charge in [0.05, 0.1) is 12.5 Å². The predicted octanol–water partition coefficient (Wildman–Crippen LogP) is 2.16. The van der Waals surface area contributed by atoms with Crippen LogP contribution in [0, 0.1) is 17.2 Å². The lowest BCUT2D eigenvalue weighted by Crippen LogP contribution is -2.40. The van der Waals surface area contributed by atoms with Crippen LogP contribution in [0.2, 0.25) is 0 Å². The van der Waals surface area contributed by atoms with Crippen molar-refractivity contribution in [3.63, 3.8) is 0 Å². The molecule has 0 bridgehead atoms. The van der Waals surface area contributed by atoms with Gasteiger partial charge in [-0.05, 0) is 26.7 Å². The Morgan fingerprint density at radius 2 is 2.00 bits per heavy atom. The molecule has 4 heteroatoms. The zero-order chi connectivity index (χ0) is 14.2. The fraction of sp³-hybridized carbons (Fsp3) is 0.857. The number of nitrogens with zero attached hydrogens (tertiary/aromatic N) is 2. The van der Waals surface area contributed by atoms with Crippen molar-refractivity contribution in [2.45, 2.75) is 53.0 Å². The third-order valence-corrected chi connectivity index (χ3v) is 2.43. The molecule has 0 heterocycles. The largest absolute Gasteiger partial charge is 0.341 e. The van der Waals surface area contributed by atoms with Crippen LogP contribution in [0.25, 0.3) is 0 Å². The molecule has 1 amide bonds. The van der Waals surface area contributed by atoms with E-state index < -0.39 is 0 Å². The Bertz CT molecular complexity index is 286. The Kier molecular flexibility index (Phi) is 7.61. The molecule has 0 fully saturated rings. The Morgan fingerprint density at radius 1 is 1.39 bits per heavy atom. The molecular formula is C14H27N3O. The first-order valence-electron chi connectivity index (χ1n) is 6.66. The summed E-state index contributed by atoms with van der Waals surface area (Å²) in [6.45, 7) is 12.4. The summed E-state index contributed by atoms with van der Waals surface area (Å²) < 4.78 is 0. The third-order valence-electron chi connectivity index (χ3n) is 2.43. The maximum atomic E-state index is 12.0. The minimum Gasteiger partial charge on any atom is -0.341 e. The second-order valence-corrected chi connectivity index (χ2v) is 6.07. The van der Waals surface area contributed by atoms with E-state index in [-0.39, 0.29) is 11.4 Å². The van der Waals surface area contributed by atoms with Crippen LogP contribution in [0.3, 0.4) is 0 Å². The number of carbonyl (C=O) groups is 1. The topological polar surface area (TPSA) is 56.1 Å². The first kappa shape index (κ1) is 16.9. The van der Waals surface area contributed by atoms with E-state index in [1.54, 1.807) is 4.90 Å². The van der Waals surface area contributed by atoms with Gasteiger partial charge in [0.2, 0.25) is 5.91 Å². The van der Waals surface area contributed by atoms with Crippen molar-refractivity contribution >= 4 is 5.91 Å². The molecule has 0 aromatic heterocycles. The zero-order valence-corrected chi connectivity index (χ0v) is 12.4. The average Bonchev–Trinajstić information content (AvgIpc) is 2.21. The zero-order valence-electron chi connectivity index (χ0n) is 12.4. The lowest BCUT2D eigenvalue weighted by molar-refractivity contribution is -0.131. The number of nitriles is 1. The summed E-state index contributed by atoms with van der Waals surface area (Å²) in [6.07, 6.45) is 0.903. The van der Waals surface area contributed by atoms with E-state index in [1.807, 2.05) is 0 Å². The van der Waals surface area contributed by atoms with Crippen LogP contribution in [-0.4, -0.2) is 36.0 Å². The molecule has 0 spiro atoms. The summed E-state index contributed by atoms with van der Waals surface area (Å²) in [5.41, 5.74) is 0.0375. The highest BCUT2D eigenvalue weighted by Crippen LogP contribution is 2.04. The fourth-order valence-corrected chi connectivity index (χ4v) is 1.65. The van der Waals surface area contributed by atoms with Gasteiger partial charge in [-0.3, -0.25) is 4.79 Å². The van der Waals surface area contributed by atoms with Crippen LogP contribution >= 0.6 is 0 Å². The van der Waals surface area contributed by atoms with Gasteiger partial charge in [0.25, 0.3) is 0 Å². The summed E-state index contributed by atoms with van der Waals surface area (Å²) in [5, 5.41) is 11.9. The summed E-state index contributed by atoms with van der Waals surface area (Å²) in [6, 6.07) is 2.10. The Hall–Kier alpha value is -1.08. The van der Waals surface area contributed by atoms with Gasteiger partial charge in [0.15, 0.2) is 0 Å². The van der Waals surface area contributed by atoms with Gasteiger partial charge in [-0.25, -0.2) is 0 Å². The summed E-state index contributed by atoms with van der Waals surface area (Å²) in [7, 11) is 0. The predicted molar refractivity (Wildman–Crippen MR) is 74.0 cm³/mol. The molecule has 104 valence electrons. The molecule has 0 aromatic rings. The minimum absolute atomic E-state index is 0.0375. The minimum atomic E-state index is 0.0375. The molecule has 0 saturated heterocycles. The lowest BCUT2D eigenvalue weighted by atomic mass is 10.1. The first-order valence-corrected chi connectivity index (χ1v) is 6.66. The Balaban J connectivity index is 4.16. The third kappa shape index (κ3) is 9.00. The van der Waals surface area contributed by atoms with E-state index in [1.165, 1.54) is 0 Å². The molecule has 1 N–H and O–H groups in total. The van der Waals surface area contributed by atoms with Crippen molar-refractivity contribution in [2.24, 2.45) is 5.92 Å². The highest BCUT2D eigenvalue weighted by molar-refractivity contribution is 5.76. The number of hydrogen-bond acceptors (Lipinski definition) is 3. The van der Waals surface area contributed by atoms with Crippen molar-refractivity contribution in [3.8, 4) is 6.07 Å². The first-order chi connectivity index (χ1) is 8.26. The monoisotopic (exact) mass is 253 g/mol. The molecule has 0 unspecified atom stereocenters. The van der Waals surface area contributed by atoms with Gasteiger partial charge < -0.3 is 10.2 Å². The van der Waals surface area contributed by atoms with Crippen molar-refractivity contribution in [1.29, 1.82) is 5.26 Å². The molecule has 0 aliphatic rings. The van der Waals surface area contributed by atoms with Crippen molar-refractivity contribution in [3.05, 3.63) is 0 Å². The fourth-order valence-electron chi connectivity index (χ4n) is 1.65. The second kappa shape index (κ2) is 8.10. The van der Waals surface area contributed by atoms with E-state index >= 15 is 0 Å². The summed E-state index contributed by atoms with van der Waals surface area (Å²) >= 11 is 0. The van der Waals surface area contributed by atoms with Gasteiger partial charge in [0.1, 0.15) is 0 Å². The highest BCUT2D eigenvalue weighted by atomic mass is 16.2. The molecule has 0 aliphatic heterocycles. The quantitative estimate of drug-likeness (QED) is 0.756. The second-order valence-electron chi connectivity index (χ2n) is 6.07. The molecular weight excluding hydrogens is 226 g/mol. The van der Waals surface area contributed by atoms with Crippen LogP contribution in [-0.2, 0) is 4.79 Å². The molecule has 0 saturated carbocycles. The molecule has 18 heavy (non-hydrogen) atoms. The number of nitrogens with one attached hydrogen (secondary N) is 1. The lowest BCUT2D eigenvalue weighted by Gasteiger charge is -2.25. The average molecular weight is 253 g/mol. The van der Waals surface area contributed by atoms with Crippen LogP contribution in [0.15, 0.2) is 0 Å². The van der Waals surface area contributed by atoms with Gasteiger partial charge in [-0.15, -0.1) is 0 Å². The van der Waals surface area contributed by atoms with E-state index in [2.05, 4.69) is 46.0 Å². The van der Waals surface area contributed by atoms with Crippen LogP contribution in [0.5, 0.6) is 0 Å². The van der Waals surface area contributed by atoms with Crippen LogP contribution < -0.4 is 5.32 Å². The molecule has 0 rings (SSSR count). The Morgan fingerprint density at radius 3 is 2.44 bits per heavy atom. The molecule has 0 aromatic carbocycles. The number of carbonyl (C=O) groups excluding carboxylic acids is 1. The van der Waals surface area contributed by atoms with Crippen molar-refractivity contribution in [1.82, 2.24) is 10.2 Å². The van der Waals surface area contributed by atoms with Crippen molar-refractivity contribution < 1.29 is 4.79 Å². The standard InChI is InChI=1S/C14H27N3O/c1-12(2)11-17(10-6-8-15)13(18)7-9-16-14(3,4)5/h12,16H,6-7,9-11H2,1-5H3. The number of hydrogen-bond donors (Lipinski definition) is 1. The smallest absolute Gasteiger partial charge is 0.223 e. The van der Waals surface area contributed by atoms with Gasteiger partial charge in [-0.1, -0.05) is 13.8 Å². The molecule has 4 nitrogen and oxygen atoms in total. The summed E-state index contributed by atoms with van der Waals surface area (Å²) in [4.78, 5) is 13.9. The van der Waals surface area contributed by atoms with Crippen molar-refractivity contribution in [2.75, 3.05) is 19.6 Å².